The molecule has 0 fully saturated rings. The van der Waals surface area contributed by atoms with Crippen molar-refractivity contribution in [3.63, 3.8) is 0 Å². The Bertz CT molecular complexity index is 752. The molecule has 0 aliphatic rings. The van der Waals surface area contributed by atoms with Crippen LogP contribution in [0.1, 0.15) is 41.0 Å². The maximum absolute atomic E-state index is 12.2. The second-order valence-electron chi connectivity index (χ2n) is 5.55. The summed E-state index contributed by atoms with van der Waals surface area (Å²) in [5, 5.41) is 8.21. The van der Waals surface area contributed by atoms with E-state index in [1.807, 2.05) is 6.92 Å². The van der Waals surface area contributed by atoms with Gasteiger partial charge in [-0.05, 0) is 55.0 Å². The third kappa shape index (κ3) is 5.46. The first-order valence-corrected chi connectivity index (χ1v) is 8.07. The molecule has 3 N–H and O–H groups in total. The van der Waals surface area contributed by atoms with Crippen molar-refractivity contribution < 1.29 is 14.4 Å². The van der Waals surface area contributed by atoms with Crippen molar-refractivity contribution in [2.45, 2.75) is 20.3 Å². The lowest BCUT2D eigenvalue weighted by atomic mass is 10.1. The molecule has 0 saturated carbocycles. The van der Waals surface area contributed by atoms with E-state index >= 15 is 0 Å². The van der Waals surface area contributed by atoms with Crippen molar-refractivity contribution in [3.8, 4) is 0 Å². The summed E-state index contributed by atoms with van der Waals surface area (Å²) in [4.78, 5) is 35.1. The first kappa shape index (κ1) is 18.2. The fourth-order valence-corrected chi connectivity index (χ4v) is 2.16. The summed E-state index contributed by atoms with van der Waals surface area (Å²) in [6.45, 7) is 4.04. The normalized spacial score (nSPS) is 10.0. The number of carbonyl (C=O) groups excluding carboxylic acids is 3. The molecule has 2 aromatic rings. The van der Waals surface area contributed by atoms with Crippen LogP contribution in [0.2, 0.25) is 0 Å². The SMILES string of the molecule is CCCNC(=O)c1ccc(C(=O)Nc2ccc(NC(C)=O)cc2)cc1. The van der Waals surface area contributed by atoms with E-state index in [4.69, 9.17) is 0 Å². The molecule has 0 aromatic heterocycles. The molecule has 6 heteroatoms. The van der Waals surface area contributed by atoms with Crippen molar-refractivity contribution in [2.24, 2.45) is 0 Å². The average Bonchev–Trinajstić information content (AvgIpc) is 2.61. The van der Waals surface area contributed by atoms with E-state index in [2.05, 4.69) is 16.0 Å². The molecule has 0 aliphatic heterocycles. The third-order valence-electron chi connectivity index (χ3n) is 3.41. The van der Waals surface area contributed by atoms with Crippen LogP contribution in [0, 0.1) is 0 Å². The van der Waals surface area contributed by atoms with Crippen molar-refractivity contribution >= 4 is 29.1 Å². The minimum absolute atomic E-state index is 0.151. The summed E-state index contributed by atoms with van der Waals surface area (Å²) in [5.74, 6) is -0.574. The topological polar surface area (TPSA) is 87.3 Å². The molecular formula is C19H21N3O3. The molecule has 0 atom stereocenters. The molecular weight excluding hydrogens is 318 g/mol. The monoisotopic (exact) mass is 339 g/mol. The van der Waals surface area contributed by atoms with E-state index in [9.17, 15) is 14.4 Å². The molecule has 0 unspecified atom stereocenters. The van der Waals surface area contributed by atoms with Gasteiger partial charge in [0.1, 0.15) is 0 Å². The fourth-order valence-electron chi connectivity index (χ4n) is 2.16. The lowest BCUT2D eigenvalue weighted by molar-refractivity contribution is -0.114. The lowest BCUT2D eigenvalue weighted by Crippen LogP contribution is -2.24. The number of anilines is 2. The van der Waals surface area contributed by atoms with E-state index in [1.54, 1.807) is 48.5 Å². The van der Waals surface area contributed by atoms with Gasteiger partial charge in [-0.3, -0.25) is 14.4 Å². The molecule has 2 rings (SSSR count). The third-order valence-corrected chi connectivity index (χ3v) is 3.41. The van der Waals surface area contributed by atoms with Gasteiger partial charge in [-0.1, -0.05) is 6.92 Å². The highest BCUT2D eigenvalue weighted by atomic mass is 16.2. The van der Waals surface area contributed by atoms with Gasteiger partial charge in [0.25, 0.3) is 11.8 Å². The molecule has 2 aromatic carbocycles. The standard InChI is InChI=1S/C19H21N3O3/c1-3-12-20-18(24)14-4-6-15(7-5-14)19(25)22-17-10-8-16(9-11-17)21-13(2)23/h4-11H,3,12H2,1-2H3,(H,20,24)(H,21,23)(H,22,25). The van der Waals surface area contributed by atoms with E-state index in [-0.39, 0.29) is 17.7 Å². The van der Waals surface area contributed by atoms with Crippen LogP contribution in [0.5, 0.6) is 0 Å². The molecule has 0 heterocycles. The molecule has 0 radical (unpaired) electrons. The maximum atomic E-state index is 12.2. The number of benzene rings is 2. The van der Waals surface area contributed by atoms with Crippen LogP contribution in [0.15, 0.2) is 48.5 Å². The molecule has 6 nitrogen and oxygen atoms in total. The summed E-state index contributed by atoms with van der Waals surface area (Å²) in [7, 11) is 0. The summed E-state index contributed by atoms with van der Waals surface area (Å²) in [6, 6.07) is 13.3. The van der Waals surface area contributed by atoms with Crippen molar-refractivity contribution in [2.75, 3.05) is 17.2 Å². The van der Waals surface area contributed by atoms with Crippen LogP contribution in [0.3, 0.4) is 0 Å². The number of carbonyl (C=O) groups is 3. The molecule has 3 amide bonds. The number of rotatable bonds is 6. The van der Waals surface area contributed by atoms with E-state index in [0.29, 0.717) is 29.0 Å². The van der Waals surface area contributed by atoms with Crippen LogP contribution in [0.25, 0.3) is 0 Å². The van der Waals surface area contributed by atoms with Gasteiger partial charge in [0, 0.05) is 36.0 Å². The van der Waals surface area contributed by atoms with E-state index in [0.717, 1.165) is 6.42 Å². The first-order chi connectivity index (χ1) is 12.0. The van der Waals surface area contributed by atoms with Crippen LogP contribution in [0.4, 0.5) is 11.4 Å². The lowest BCUT2D eigenvalue weighted by Gasteiger charge is -2.08. The predicted molar refractivity (Wildman–Crippen MR) is 97.8 cm³/mol. The quantitative estimate of drug-likeness (QED) is 0.756. The Hall–Kier alpha value is -3.15. The highest BCUT2D eigenvalue weighted by molar-refractivity contribution is 6.05. The largest absolute Gasteiger partial charge is 0.352 e. The zero-order chi connectivity index (χ0) is 18.2. The second kappa shape index (κ2) is 8.63. The van der Waals surface area contributed by atoms with E-state index in [1.165, 1.54) is 6.92 Å². The van der Waals surface area contributed by atoms with Gasteiger partial charge in [-0.25, -0.2) is 0 Å². The van der Waals surface area contributed by atoms with Crippen molar-refractivity contribution in [1.29, 1.82) is 0 Å². The zero-order valence-corrected chi connectivity index (χ0v) is 14.3. The summed E-state index contributed by atoms with van der Waals surface area (Å²) < 4.78 is 0. The first-order valence-electron chi connectivity index (χ1n) is 8.07. The minimum atomic E-state index is -0.271. The molecule has 0 spiro atoms. The fraction of sp³-hybridized carbons (Fsp3) is 0.211. The number of hydrogen-bond donors (Lipinski definition) is 3. The van der Waals surface area contributed by atoms with Gasteiger partial charge in [-0.2, -0.15) is 0 Å². The average molecular weight is 339 g/mol. The Kier molecular flexibility index (Phi) is 6.28. The van der Waals surface area contributed by atoms with Gasteiger partial charge in [0.2, 0.25) is 5.91 Å². The van der Waals surface area contributed by atoms with Crippen LogP contribution >= 0.6 is 0 Å². The Morgan fingerprint density at radius 1 is 0.760 bits per heavy atom. The van der Waals surface area contributed by atoms with Crippen LogP contribution in [-0.4, -0.2) is 24.3 Å². The van der Waals surface area contributed by atoms with Gasteiger partial charge >= 0.3 is 0 Å². The summed E-state index contributed by atoms with van der Waals surface area (Å²) in [5.41, 5.74) is 2.25. The smallest absolute Gasteiger partial charge is 0.255 e. The molecule has 0 saturated heterocycles. The van der Waals surface area contributed by atoms with Crippen LogP contribution < -0.4 is 16.0 Å². The van der Waals surface area contributed by atoms with Crippen molar-refractivity contribution in [3.05, 3.63) is 59.7 Å². The molecule has 0 aliphatic carbocycles. The second-order valence-corrected chi connectivity index (χ2v) is 5.55. The van der Waals surface area contributed by atoms with Gasteiger partial charge in [0.15, 0.2) is 0 Å². The highest BCUT2D eigenvalue weighted by Gasteiger charge is 2.09. The Balaban J connectivity index is 1.98. The van der Waals surface area contributed by atoms with Gasteiger partial charge in [0.05, 0.1) is 0 Å². The van der Waals surface area contributed by atoms with Gasteiger partial charge < -0.3 is 16.0 Å². The highest BCUT2D eigenvalue weighted by Crippen LogP contribution is 2.15. The number of hydrogen-bond acceptors (Lipinski definition) is 3. The summed E-state index contributed by atoms with van der Waals surface area (Å²) >= 11 is 0. The Morgan fingerprint density at radius 3 is 1.72 bits per heavy atom. The molecule has 25 heavy (non-hydrogen) atoms. The number of nitrogens with one attached hydrogen (secondary N) is 3. The molecule has 130 valence electrons. The van der Waals surface area contributed by atoms with Crippen LogP contribution in [-0.2, 0) is 4.79 Å². The molecule has 0 bridgehead atoms. The predicted octanol–water partition coefficient (Wildman–Crippen LogP) is 3.04. The van der Waals surface area contributed by atoms with E-state index < -0.39 is 0 Å². The van der Waals surface area contributed by atoms with Crippen molar-refractivity contribution in [1.82, 2.24) is 5.32 Å². The zero-order valence-electron chi connectivity index (χ0n) is 14.3. The maximum Gasteiger partial charge on any atom is 0.255 e. The summed E-state index contributed by atoms with van der Waals surface area (Å²) in [6.07, 6.45) is 0.868. The van der Waals surface area contributed by atoms with Gasteiger partial charge in [-0.15, -0.1) is 0 Å². The minimum Gasteiger partial charge on any atom is -0.352 e. The Labute approximate surface area is 146 Å². The number of amides is 3. The Morgan fingerprint density at radius 2 is 1.24 bits per heavy atom.